The van der Waals surface area contributed by atoms with Crippen LogP contribution in [0.3, 0.4) is 0 Å². The van der Waals surface area contributed by atoms with Crippen LogP contribution in [0, 0.1) is 5.92 Å². The van der Waals surface area contributed by atoms with Crippen LogP contribution in [0.5, 0.6) is 0 Å². The molecule has 6 nitrogen and oxygen atoms in total. The molecule has 0 radical (unpaired) electrons. The van der Waals surface area contributed by atoms with Crippen molar-refractivity contribution in [2.24, 2.45) is 5.92 Å². The third kappa shape index (κ3) is 4.47. The molecule has 0 unspecified atom stereocenters. The van der Waals surface area contributed by atoms with E-state index in [1.54, 1.807) is 11.0 Å². The highest BCUT2D eigenvalue weighted by atomic mass is 16.5. The molecule has 124 valence electrons. The summed E-state index contributed by atoms with van der Waals surface area (Å²) in [6, 6.07) is -1.07. The van der Waals surface area contributed by atoms with Gasteiger partial charge in [0.1, 0.15) is 6.04 Å². The van der Waals surface area contributed by atoms with Crippen LogP contribution in [0.1, 0.15) is 38.5 Å². The number of nitrogens with one attached hydrogen (secondary N) is 1. The van der Waals surface area contributed by atoms with E-state index in [2.05, 4.69) is 11.9 Å². The third-order valence-corrected chi connectivity index (χ3v) is 4.55. The first-order valence-electron chi connectivity index (χ1n) is 8.12. The molecule has 1 heterocycles. The first-order chi connectivity index (χ1) is 10.6. The van der Waals surface area contributed by atoms with Crippen molar-refractivity contribution in [3.63, 3.8) is 0 Å². The average Bonchev–Trinajstić information content (AvgIpc) is 3.00. The lowest BCUT2D eigenvalue weighted by molar-refractivity contribution is -0.141. The molecule has 1 saturated carbocycles. The Balaban J connectivity index is 1.86. The largest absolute Gasteiger partial charge is 0.480 e. The van der Waals surface area contributed by atoms with Gasteiger partial charge in [-0.15, -0.1) is 6.58 Å². The Bertz CT molecular complexity index is 407. The fourth-order valence-corrected chi connectivity index (χ4v) is 3.33. The fraction of sp³-hybridized carbons (Fsp3) is 0.750. The Labute approximate surface area is 131 Å². The van der Waals surface area contributed by atoms with Gasteiger partial charge in [0.05, 0.1) is 12.7 Å². The number of hydrogen-bond acceptors (Lipinski definition) is 3. The SMILES string of the molecule is C=CCO[C@H]1CCN(C(=O)N[C@@H](C(=O)O)C2CCCCC2)C1. The van der Waals surface area contributed by atoms with E-state index in [1.165, 1.54) is 0 Å². The first kappa shape index (κ1) is 16.8. The first-order valence-corrected chi connectivity index (χ1v) is 8.12. The fourth-order valence-electron chi connectivity index (χ4n) is 3.33. The Morgan fingerprint density at radius 1 is 1.32 bits per heavy atom. The summed E-state index contributed by atoms with van der Waals surface area (Å²) in [4.78, 5) is 25.4. The normalized spacial score (nSPS) is 24.0. The van der Waals surface area contributed by atoms with Crippen molar-refractivity contribution in [1.29, 1.82) is 0 Å². The number of ether oxygens (including phenoxy) is 1. The van der Waals surface area contributed by atoms with Gasteiger partial charge in [0, 0.05) is 13.1 Å². The molecular formula is C16H26N2O4. The highest BCUT2D eigenvalue weighted by Crippen LogP contribution is 2.27. The van der Waals surface area contributed by atoms with E-state index in [0.29, 0.717) is 19.7 Å². The molecule has 22 heavy (non-hydrogen) atoms. The lowest BCUT2D eigenvalue weighted by Crippen LogP contribution is -2.51. The van der Waals surface area contributed by atoms with Crippen LogP contribution >= 0.6 is 0 Å². The van der Waals surface area contributed by atoms with Crippen molar-refractivity contribution >= 4 is 12.0 Å². The van der Waals surface area contributed by atoms with E-state index >= 15 is 0 Å². The zero-order chi connectivity index (χ0) is 15.9. The van der Waals surface area contributed by atoms with Crippen LogP contribution < -0.4 is 5.32 Å². The molecule has 2 N–H and O–H groups in total. The summed E-state index contributed by atoms with van der Waals surface area (Å²) in [5.74, 6) is -0.885. The minimum Gasteiger partial charge on any atom is -0.480 e. The number of aliphatic carboxylic acids is 1. The van der Waals surface area contributed by atoms with Gasteiger partial charge in [0.15, 0.2) is 0 Å². The smallest absolute Gasteiger partial charge is 0.326 e. The topological polar surface area (TPSA) is 78.9 Å². The number of urea groups is 1. The van der Waals surface area contributed by atoms with Crippen molar-refractivity contribution < 1.29 is 19.4 Å². The van der Waals surface area contributed by atoms with Gasteiger partial charge in [-0.05, 0) is 25.2 Å². The van der Waals surface area contributed by atoms with Gasteiger partial charge in [-0.2, -0.15) is 0 Å². The number of carbonyl (C=O) groups is 2. The Morgan fingerprint density at radius 3 is 2.68 bits per heavy atom. The number of likely N-dealkylation sites (tertiary alicyclic amines) is 1. The zero-order valence-electron chi connectivity index (χ0n) is 13.0. The van der Waals surface area contributed by atoms with Crippen LogP contribution in [0.4, 0.5) is 4.79 Å². The van der Waals surface area contributed by atoms with E-state index in [9.17, 15) is 14.7 Å². The molecule has 0 aromatic heterocycles. The highest BCUT2D eigenvalue weighted by Gasteiger charge is 2.34. The minimum absolute atomic E-state index is 0.0155. The summed E-state index contributed by atoms with van der Waals surface area (Å²) in [5.41, 5.74) is 0. The number of carbonyl (C=O) groups excluding carboxylic acids is 1. The van der Waals surface area contributed by atoms with E-state index < -0.39 is 12.0 Å². The van der Waals surface area contributed by atoms with E-state index in [0.717, 1.165) is 38.5 Å². The van der Waals surface area contributed by atoms with Crippen molar-refractivity contribution in [3.05, 3.63) is 12.7 Å². The molecule has 0 aromatic rings. The van der Waals surface area contributed by atoms with Gasteiger partial charge in [-0.3, -0.25) is 0 Å². The van der Waals surface area contributed by atoms with Crippen molar-refractivity contribution in [1.82, 2.24) is 10.2 Å². The lowest BCUT2D eigenvalue weighted by Gasteiger charge is -2.29. The molecule has 2 rings (SSSR count). The summed E-state index contributed by atoms with van der Waals surface area (Å²) in [6.45, 7) is 5.19. The monoisotopic (exact) mass is 310 g/mol. The maximum Gasteiger partial charge on any atom is 0.326 e. The van der Waals surface area contributed by atoms with Gasteiger partial charge in [0.2, 0.25) is 0 Å². The van der Waals surface area contributed by atoms with Gasteiger partial charge in [-0.25, -0.2) is 9.59 Å². The molecule has 6 heteroatoms. The predicted molar refractivity (Wildman–Crippen MR) is 82.7 cm³/mol. The maximum absolute atomic E-state index is 12.3. The van der Waals surface area contributed by atoms with Gasteiger partial charge < -0.3 is 20.1 Å². The Hall–Kier alpha value is -1.56. The van der Waals surface area contributed by atoms with Crippen LogP contribution in [-0.2, 0) is 9.53 Å². The van der Waals surface area contributed by atoms with Crippen LogP contribution in [0.25, 0.3) is 0 Å². The molecule has 0 bridgehead atoms. The van der Waals surface area contributed by atoms with Gasteiger partial charge in [-0.1, -0.05) is 25.3 Å². The average molecular weight is 310 g/mol. The van der Waals surface area contributed by atoms with E-state index in [4.69, 9.17) is 4.74 Å². The van der Waals surface area contributed by atoms with Crippen LogP contribution in [0.15, 0.2) is 12.7 Å². The summed E-state index contributed by atoms with van der Waals surface area (Å²) in [7, 11) is 0. The molecule has 1 aliphatic carbocycles. The molecular weight excluding hydrogens is 284 g/mol. The molecule has 1 saturated heterocycles. The molecule has 0 aromatic carbocycles. The molecule has 2 fully saturated rings. The van der Waals surface area contributed by atoms with Crippen molar-refractivity contribution in [2.45, 2.75) is 50.7 Å². The summed E-state index contributed by atoms with van der Waals surface area (Å²) < 4.78 is 5.55. The second kappa shape index (κ2) is 8.17. The third-order valence-electron chi connectivity index (χ3n) is 4.55. The molecule has 2 atom stereocenters. The van der Waals surface area contributed by atoms with Crippen molar-refractivity contribution in [3.8, 4) is 0 Å². The minimum atomic E-state index is -0.932. The lowest BCUT2D eigenvalue weighted by atomic mass is 9.84. The van der Waals surface area contributed by atoms with E-state index in [-0.39, 0.29) is 18.1 Å². The van der Waals surface area contributed by atoms with Gasteiger partial charge in [0.25, 0.3) is 0 Å². The molecule has 0 spiro atoms. The number of amides is 2. The summed E-state index contributed by atoms with van der Waals surface area (Å²) in [5, 5.41) is 12.1. The second-order valence-electron chi connectivity index (χ2n) is 6.14. The number of carboxylic acid groups (broad SMARTS) is 1. The second-order valence-corrected chi connectivity index (χ2v) is 6.14. The zero-order valence-corrected chi connectivity index (χ0v) is 13.0. The molecule has 2 aliphatic rings. The number of hydrogen-bond donors (Lipinski definition) is 2. The number of nitrogens with zero attached hydrogens (tertiary/aromatic N) is 1. The van der Waals surface area contributed by atoms with E-state index in [1.807, 2.05) is 0 Å². The predicted octanol–water partition coefficient (Wildman–Crippen LogP) is 2.01. The maximum atomic E-state index is 12.3. The summed E-state index contributed by atoms with van der Waals surface area (Å²) >= 11 is 0. The van der Waals surface area contributed by atoms with Gasteiger partial charge >= 0.3 is 12.0 Å². The standard InChI is InChI=1S/C16H26N2O4/c1-2-10-22-13-8-9-18(11-13)16(21)17-14(15(19)20)12-6-4-3-5-7-12/h2,12-14H,1,3-11H2,(H,17,21)(H,19,20)/t13-,14+/m0/s1. The van der Waals surface area contributed by atoms with Crippen molar-refractivity contribution in [2.75, 3.05) is 19.7 Å². The summed E-state index contributed by atoms with van der Waals surface area (Å²) in [6.07, 6.45) is 7.49. The molecule has 1 aliphatic heterocycles. The quantitative estimate of drug-likeness (QED) is 0.736. The highest BCUT2D eigenvalue weighted by molar-refractivity contribution is 5.83. The number of rotatable bonds is 6. The Kier molecular flexibility index (Phi) is 6.24. The van der Waals surface area contributed by atoms with Crippen LogP contribution in [-0.4, -0.2) is 53.8 Å². The molecule has 2 amide bonds. The Morgan fingerprint density at radius 2 is 2.05 bits per heavy atom. The van der Waals surface area contributed by atoms with Crippen LogP contribution in [0.2, 0.25) is 0 Å². The number of carboxylic acids is 1.